The number of carboxylic acid groups (broad SMARTS) is 1. The Balaban J connectivity index is 3.31. The first-order valence-corrected chi connectivity index (χ1v) is 4.24. The van der Waals surface area contributed by atoms with E-state index in [2.05, 4.69) is 0 Å². The van der Waals surface area contributed by atoms with Crippen LogP contribution >= 0.6 is 0 Å². The molecule has 0 amide bonds. The van der Waals surface area contributed by atoms with Gasteiger partial charge in [-0.15, -0.1) is 0 Å². The molecule has 0 fully saturated rings. The van der Waals surface area contributed by atoms with Crippen LogP contribution in [0.2, 0.25) is 0 Å². The van der Waals surface area contributed by atoms with Crippen LogP contribution in [-0.2, 0) is 10.3 Å². The van der Waals surface area contributed by atoms with Gasteiger partial charge in [0.1, 0.15) is 5.54 Å². The molecule has 5 N–H and O–H groups in total. The number of benzene rings is 1. The Labute approximate surface area is 82.5 Å². The first-order chi connectivity index (χ1) is 6.35. The second kappa shape index (κ2) is 3.31. The zero-order valence-corrected chi connectivity index (χ0v) is 8.24. The predicted octanol–water partition coefficient (Wildman–Crippen LogP) is 0.836. The minimum absolute atomic E-state index is 0.406. The monoisotopic (exact) mass is 194 g/mol. The third-order valence-corrected chi connectivity index (χ3v) is 2.21. The van der Waals surface area contributed by atoms with Crippen molar-refractivity contribution in [3.05, 3.63) is 29.3 Å². The van der Waals surface area contributed by atoms with Crippen LogP contribution in [0.3, 0.4) is 0 Å². The van der Waals surface area contributed by atoms with Crippen molar-refractivity contribution in [1.29, 1.82) is 0 Å². The summed E-state index contributed by atoms with van der Waals surface area (Å²) in [6.45, 7) is 3.29. The van der Waals surface area contributed by atoms with Crippen LogP contribution in [0, 0.1) is 6.92 Å². The first-order valence-electron chi connectivity index (χ1n) is 4.24. The zero-order valence-electron chi connectivity index (χ0n) is 8.24. The van der Waals surface area contributed by atoms with Gasteiger partial charge in [0.25, 0.3) is 0 Å². The van der Waals surface area contributed by atoms with E-state index in [-0.39, 0.29) is 0 Å². The quantitative estimate of drug-likeness (QED) is 0.608. The lowest BCUT2D eigenvalue weighted by atomic mass is 9.91. The number of carboxylic acids is 1. The van der Waals surface area contributed by atoms with E-state index in [1.54, 1.807) is 12.1 Å². The molecule has 0 aliphatic heterocycles. The number of hydrogen-bond acceptors (Lipinski definition) is 3. The van der Waals surface area contributed by atoms with Crippen molar-refractivity contribution in [2.24, 2.45) is 5.73 Å². The lowest BCUT2D eigenvalue weighted by Gasteiger charge is -2.21. The van der Waals surface area contributed by atoms with E-state index in [0.717, 1.165) is 5.56 Å². The average molecular weight is 194 g/mol. The van der Waals surface area contributed by atoms with Crippen molar-refractivity contribution in [2.75, 3.05) is 5.73 Å². The number of anilines is 1. The van der Waals surface area contributed by atoms with Gasteiger partial charge < -0.3 is 16.6 Å². The molecule has 76 valence electrons. The molecule has 0 aliphatic rings. The average Bonchev–Trinajstić information content (AvgIpc) is 2.08. The Bertz CT molecular complexity index is 372. The molecule has 0 heterocycles. The fourth-order valence-corrected chi connectivity index (χ4v) is 1.24. The summed E-state index contributed by atoms with van der Waals surface area (Å²) in [6, 6.07) is 5.18. The summed E-state index contributed by atoms with van der Waals surface area (Å²) in [6.07, 6.45) is 0. The molecule has 4 heteroatoms. The van der Waals surface area contributed by atoms with E-state index in [4.69, 9.17) is 16.6 Å². The van der Waals surface area contributed by atoms with Crippen molar-refractivity contribution in [3.8, 4) is 0 Å². The molecule has 1 atom stereocenters. The lowest BCUT2D eigenvalue weighted by molar-refractivity contribution is -0.143. The molecule has 0 bridgehead atoms. The Hall–Kier alpha value is -1.55. The fraction of sp³-hybridized carbons (Fsp3) is 0.300. The minimum atomic E-state index is -1.43. The molecule has 1 aromatic carbocycles. The highest BCUT2D eigenvalue weighted by Crippen LogP contribution is 2.25. The van der Waals surface area contributed by atoms with E-state index < -0.39 is 11.5 Å². The van der Waals surface area contributed by atoms with E-state index in [1.807, 2.05) is 13.0 Å². The Morgan fingerprint density at radius 1 is 1.50 bits per heavy atom. The van der Waals surface area contributed by atoms with Gasteiger partial charge in [-0.25, -0.2) is 4.79 Å². The van der Waals surface area contributed by atoms with Crippen LogP contribution in [0.15, 0.2) is 18.2 Å². The molecule has 4 nitrogen and oxygen atoms in total. The predicted molar refractivity (Wildman–Crippen MR) is 54.8 cm³/mol. The molecule has 0 saturated carbocycles. The van der Waals surface area contributed by atoms with Crippen molar-refractivity contribution >= 4 is 11.7 Å². The Kier molecular flexibility index (Phi) is 2.49. The molecule has 0 unspecified atom stereocenters. The molecule has 0 aliphatic carbocycles. The number of rotatable bonds is 2. The highest BCUT2D eigenvalue weighted by Gasteiger charge is 2.32. The number of aliphatic carboxylic acids is 1. The third kappa shape index (κ3) is 1.70. The molecule has 14 heavy (non-hydrogen) atoms. The van der Waals surface area contributed by atoms with Crippen LogP contribution < -0.4 is 11.5 Å². The summed E-state index contributed by atoms with van der Waals surface area (Å²) in [5, 5.41) is 8.93. The molecule has 0 spiro atoms. The minimum Gasteiger partial charge on any atom is -0.480 e. The van der Waals surface area contributed by atoms with Crippen molar-refractivity contribution in [3.63, 3.8) is 0 Å². The van der Waals surface area contributed by atoms with Gasteiger partial charge >= 0.3 is 5.97 Å². The van der Waals surface area contributed by atoms with Crippen LogP contribution in [0.1, 0.15) is 18.1 Å². The van der Waals surface area contributed by atoms with Crippen LogP contribution in [0.4, 0.5) is 5.69 Å². The van der Waals surface area contributed by atoms with Gasteiger partial charge in [0, 0.05) is 11.3 Å². The van der Waals surface area contributed by atoms with E-state index in [0.29, 0.717) is 11.3 Å². The van der Waals surface area contributed by atoms with E-state index in [1.165, 1.54) is 6.92 Å². The number of aryl methyl sites for hydroxylation is 1. The molecule has 1 aromatic rings. The topological polar surface area (TPSA) is 89.3 Å². The largest absolute Gasteiger partial charge is 0.480 e. The van der Waals surface area contributed by atoms with Crippen LogP contribution in [0.25, 0.3) is 0 Å². The second-order valence-electron chi connectivity index (χ2n) is 3.60. The SMILES string of the molecule is Cc1ccc(N)c([C@@](C)(N)C(=O)O)c1. The zero-order chi connectivity index (χ0) is 10.9. The second-order valence-corrected chi connectivity index (χ2v) is 3.60. The van der Waals surface area contributed by atoms with E-state index in [9.17, 15) is 4.79 Å². The number of hydrogen-bond donors (Lipinski definition) is 3. The van der Waals surface area contributed by atoms with Crippen molar-refractivity contribution < 1.29 is 9.90 Å². The first kappa shape index (κ1) is 10.5. The standard InChI is InChI=1S/C10H14N2O2/c1-6-3-4-8(11)7(5-6)10(2,12)9(13)14/h3-5H,11-12H2,1-2H3,(H,13,14)/t10-/m1/s1. The highest BCUT2D eigenvalue weighted by molar-refractivity contribution is 5.82. The van der Waals surface area contributed by atoms with Gasteiger partial charge in [0.05, 0.1) is 0 Å². The van der Waals surface area contributed by atoms with E-state index >= 15 is 0 Å². The summed E-state index contributed by atoms with van der Waals surface area (Å²) in [5.74, 6) is -1.09. The fourth-order valence-electron chi connectivity index (χ4n) is 1.24. The smallest absolute Gasteiger partial charge is 0.328 e. The number of carbonyl (C=O) groups is 1. The highest BCUT2D eigenvalue weighted by atomic mass is 16.4. The molecule has 0 saturated heterocycles. The summed E-state index contributed by atoms with van der Waals surface area (Å²) in [4.78, 5) is 10.9. The summed E-state index contributed by atoms with van der Waals surface area (Å²) >= 11 is 0. The summed E-state index contributed by atoms with van der Waals surface area (Å²) in [5.41, 5.74) is 11.7. The number of nitrogen functional groups attached to an aromatic ring is 1. The van der Waals surface area contributed by atoms with Gasteiger partial charge in [0.15, 0.2) is 0 Å². The third-order valence-electron chi connectivity index (χ3n) is 2.21. The molecular weight excluding hydrogens is 180 g/mol. The van der Waals surface area contributed by atoms with Gasteiger partial charge in [-0.1, -0.05) is 17.7 Å². The van der Waals surface area contributed by atoms with Gasteiger partial charge in [-0.2, -0.15) is 0 Å². The van der Waals surface area contributed by atoms with Gasteiger partial charge in [-0.05, 0) is 19.9 Å². The molecular formula is C10H14N2O2. The maximum absolute atomic E-state index is 10.9. The summed E-state index contributed by atoms with van der Waals surface area (Å²) in [7, 11) is 0. The van der Waals surface area contributed by atoms with Crippen molar-refractivity contribution in [2.45, 2.75) is 19.4 Å². The maximum atomic E-state index is 10.9. The Morgan fingerprint density at radius 2 is 2.07 bits per heavy atom. The van der Waals surface area contributed by atoms with Gasteiger partial charge in [0.2, 0.25) is 0 Å². The van der Waals surface area contributed by atoms with Gasteiger partial charge in [-0.3, -0.25) is 0 Å². The van der Waals surface area contributed by atoms with Crippen LogP contribution in [0.5, 0.6) is 0 Å². The van der Waals surface area contributed by atoms with Crippen molar-refractivity contribution in [1.82, 2.24) is 0 Å². The molecule has 0 radical (unpaired) electrons. The Morgan fingerprint density at radius 3 is 2.57 bits per heavy atom. The lowest BCUT2D eigenvalue weighted by Crippen LogP contribution is -2.42. The number of nitrogens with two attached hydrogens (primary N) is 2. The van der Waals surface area contributed by atoms with Crippen LogP contribution in [-0.4, -0.2) is 11.1 Å². The molecule has 1 rings (SSSR count). The molecule has 0 aromatic heterocycles. The maximum Gasteiger partial charge on any atom is 0.328 e. The summed E-state index contributed by atoms with van der Waals surface area (Å²) < 4.78 is 0. The normalized spacial score (nSPS) is 14.8.